The van der Waals surface area contributed by atoms with Crippen LogP contribution in [-0.4, -0.2) is 18.7 Å². The molecule has 0 aliphatic carbocycles. The molecule has 0 saturated carbocycles. The Morgan fingerprint density at radius 1 is 1.18 bits per heavy atom. The summed E-state index contributed by atoms with van der Waals surface area (Å²) in [5, 5.41) is 4.51. The van der Waals surface area contributed by atoms with Crippen LogP contribution in [0.2, 0.25) is 5.02 Å². The van der Waals surface area contributed by atoms with Crippen molar-refractivity contribution in [3.05, 3.63) is 64.7 Å². The Morgan fingerprint density at radius 3 is 2.50 bits per heavy atom. The molecular formula is C17H17ClN2O2. The number of hydrogen-bond donors (Lipinski definition) is 1. The van der Waals surface area contributed by atoms with Gasteiger partial charge in [-0.05, 0) is 36.8 Å². The van der Waals surface area contributed by atoms with Crippen molar-refractivity contribution in [3.8, 4) is 5.75 Å². The van der Waals surface area contributed by atoms with E-state index in [1.807, 2.05) is 31.2 Å². The van der Waals surface area contributed by atoms with Crippen LogP contribution in [0.1, 0.15) is 22.8 Å². The predicted molar refractivity (Wildman–Crippen MR) is 88.7 cm³/mol. The summed E-state index contributed by atoms with van der Waals surface area (Å²) in [5.74, 6) is 0.491. The molecule has 0 bridgehead atoms. The van der Waals surface area contributed by atoms with Crippen LogP contribution in [-0.2, 0) is 6.42 Å². The third kappa shape index (κ3) is 4.33. The lowest BCUT2D eigenvalue weighted by atomic mass is 10.1. The third-order valence-corrected chi connectivity index (χ3v) is 3.42. The van der Waals surface area contributed by atoms with E-state index >= 15 is 0 Å². The summed E-state index contributed by atoms with van der Waals surface area (Å²) < 4.78 is 5.11. The van der Waals surface area contributed by atoms with Crippen molar-refractivity contribution in [2.45, 2.75) is 13.3 Å². The van der Waals surface area contributed by atoms with Crippen LogP contribution in [0.15, 0.2) is 53.6 Å². The van der Waals surface area contributed by atoms with Crippen LogP contribution < -0.4 is 10.2 Å². The van der Waals surface area contributed by atoms with Gasteiger partial charge in [0.15, 0.2) is 0 Å². The van der Waals surface area contributed by atoms with E-state index in [0.29, 0.717) is 17.0 Å². The average Bonchev–Trinajstić information content (AvgIpc) is 2.54. The summed E-state index contributed by atoms with van der Waals surface area (Å²) in [4.78, 5) is 12.0. The van der Waals surface area contributed by atoms with Gasteiger partial charge in [-0.15, -0.1) is 0 Å². The number of carbonyl (C=O) groups is 1. The molecule has 4 nitrogen and oxygen atoms in total. The smallest absolute Gasteiger partial charge is 0.272 e. The lowest BCUT2D eigenvalue weighted by Crippen LogP contribution is -2.20. The highest BCUT2D eigenvalue weighted by Gasteiger charge is 2.08. The van der Waals surface area contributed by atoms with Crippen molar-refractivity contribution in [2.24, 2.45) is 5.10 Å². The van der Waals surface area contributed by atoms with E-state index in [9.17, 15) is 4.79 Å². The number of halogens is 1. The Hall–Kier alpha value is -2.33. The maximum atomic E-state index is 12.0. The van der Waals surface area contributed by atoms with Crippen LogP contribution >= 0.6 is 11.6 Å². The number of nitrogens with one attached hydrogen (secondary N) is 1. The van der Waals surface area contributed by atoms with E-state index in [1.54, 1.807) is 31.4 Å². The number of hydrazone groups is 1. The molecule has 0 heterocycles. The first-order valence-corrected chi connectivity index (χ1v) is 7.19. The zero-order valence-corrected chi connectivity index (χ0v) is 13.2. The van der Waals surface area contributed by atoms with Gasteiger partial charge in [0, 0.05) is 12.1 Å². The Balaban J connectivity index is 1.97. The first kappa shape index (κ1) is 16.0. The number of ether oxygens (including phenoxy) is 1. The Morgan fingerprint density at radius 2 is 1.86 bits per heavy atom. The molecule has 5 heteroatoms. The molecule has 2 aromatic carbocycles. The molecule has 0 atom stereocenters. The Kier molecular flexibility index (Phi) is 5.55. The maximum Gasteiger partial charge on any atom is 0.272 e. The maximum absolute atomic E-state index is 12.0. The zero-order valence-electron chi connectivity index (χ0n) is 12.5. The molecule has 0 saturated heterocycles. The minimum Gasteiger partial charge on any atom is -0.497 e. The predicted octanol–water partition coefficient (Wildman–Crippen LogP) is 3.70. The lowest BCUT2D eigenvalue weighted by Gasteiger charge is -2.05. The number of hydrogen-bond acceptors (Lipinski definition) is 3. The quantitative estimate of drug-likeness (QED) is 0.675. The molecule has 0 unspecified atom stereocenters. The summed E-state index contributed by atoms with van der Waals surface area (Å²) in [6.45, 7) is 1.86. The number of rotatable bonds is 5. The first-order valence-electron chi connectivity index (χ1n) is 6.81. The number of methoxy groups -OCH3 is 1. The molecule has 0 spiro atoms. The highest BCUT2D eigenvalue weighted by molar-refractivity contribution is 6.33. The molecule has 2 aromatic rings. The molecule has 0 aliphatic rings. The standard InChI is InChI=1S/C17H17ClN2O2/c1-12(11-13-7-9-14(22-2)10-8-13)19-20-17(21)15-5-3-4-6-16(15)18/h3-10H,11H2,1-2H3,(H,20,21)/b19-12-. The molecule has 114 valence electrons. The van der Waals surface area contributed by atoms with Gasteiger partial charge in [-0.1, -0.05) is 35.9 Å². The first-order chi connectivity index (χ1) is 10.6. The minimum atomic E-state index is -0.320. The second-order valence-corrected chi connectivity index (χ2v) is 5.20. The molecule has 2 rings (SSSR count). The lowest BCUT2D eigenvalue weighted by molar-refractivity contribution is 0.0955. The Labute approximate surface area is 134 Å². The molecule has 0 radical (unpaired) electrons. The Bertz CT molecular complexity index is 681. The van der Waals surface area contributed by atoms with Gasteiger partial charge >= 0.3 is 0 Å². The minimum absolute atomic E-state index is 0.320. The van der Waals surface area contributed by atoms with Crippen molar-refractivity contribution in [3.63, 3.8) is 0 Å². The van der Waals surface area contributed by atoms with Gasteiger partial charge in [-0.2, -0.15) is 5.10 Å². The monoisotopic (exact) mass is 316 g/mol. The normalized spacial score (nSPS) is 11.1. The van der Waals surface area contributed by atoms with Crippen molar-refractivity contribution in [1.82, 2.24) is 5.43 Å². The van der Waals surface area contributed by atoms with Gasteiger partial charge in [0.25, 0.3) is 5.91 Å². The second-order valence-electron chi connectivity index (χ2n) is 4.79. The summed E-state index contributed by atoms with van der Waals surface area (Å²) in [5.41, 5.74) is 4.82. The van der Waals surface area contributed by atoms with Gasteiger partial charge in [-0.3, -0.25) is 4.79 Å². The van der Waals surface area contributed by atoms with Crippen molar-refractivity contribution >= 4 is 23.2 Å². The van der Waals surface area contributed by atoms with Gasteiger partial charge < -0.3 is 4.74 Å². The number of carbonyl (C=O) groups excluding carboxylic acids is 1. The van der Waals surface area contributed by atoms with Gasteiger partial charge in [0.1, 0.15) is 5.75 Å². The van der Waals surface area contributed by atoms with Crippen LogP contribution in [0.25, 0.3) is 0 Å². The largest absolute Gasteiger partial charge is 0.497 e. The van der Waals surface area contributed by atoms with Crippen molar-refractivity contribution < 1.29 is 9.53 Å². The molecule has 0 fully saturated rings. The van der Waals surface area contributed by atoms with Crippen LogP contribution in [0.4, 0.5) is 0 Å². The molecule has 1 N–H and O–H groups in total. The number of benzene rings is 2. The number of nitrogens with zero attached hydrogens (tertiary/aromatic N) is 1. The SMILES string of the molecule is COc1ccc(C/C(C)=N\NC(=O)c2ccccc2Cl)cc1. The van der Waals surface area contributed by atoms with E-state index in [2.05, 4.69) is 10.5 Å². The van der Waals surface area contributed by atoms with E-state index in [0.717, 1.165) is 17.0 Å². The molecule has 22 heavy (non-hydrogen) atoms. The molecule has 1 amide bonds. The van der Waals surface area contributed by atoms with Gasteiger partial charge in [-0.25, -0.2) is 5.43 Å². The zero-order chi connectivity index (χ0) is 15.9. The van der Waals surface area contributed by atoms with Crippen molar-refractivity contribution in [2.75, 3.05) is 7.11 Å². The highest BCUT2D eigenvalue weighted by Crippen LogP contribution is 2.14. The third-order valence-electron chi connectivity index (χ3n) is 3.09. The van der Waals surface area contributed by atoms with E-state index in [-0.39, 0.29) is 5.91 Å². The van der Waals surface area contributed by atoms with E-state index in [4.69, 9.17) is 16.3 Å². The average molecular weight is 317 g/mol. The fourth-order valence-electron chi connectivity index (χ4n) is 1.93. The fourth-order valence-corrected chi connectivity index (χ4v) is 2.15. The van der Waals surface area contributed by atoms with Gasteiger partial charge in [0.2, 0.25) is 0 Å². The summed E-state index contributed by atoms with van der Waals surface area (Å²) in [6.07, 6.45) is 0.646. The van der Waals surface area contributed by atoms with E-state index in [1.165, 1.54) is 0 Å². The molecular weight excluding hydrogens is 300 g/mol. The van der Waals surface area contributed by atoms with Crippen molar-refractivity contribution in [1.29, 1.82) is 0 Å². The fraction of sp³-hybridized carbons (Fsp3) is 0.176. The van der Waals surface area contributed by atoms with Gasteiger partial charge in [0.05, 0.1) is 17.7 Å². The summed E-state index contributed by atoms with van der Waals surface area (Å²) in [7, 11) is 1.63. The second kappa shape index (κ2) is 7.61. The topological polar surface area (TPSA) is 50.7 Å². The summed E-state index contributed by atoms with van der Waals surface area (Å²) in [6, 6.07) is 14.6. The molecule has 0 aromatic heterocycles. The van der Waals surface area contributed by atoms with Crippen LogP contribution in [0.3, 0.4) is 0 Å². The van der Waals surface area contributed by atoms with Crippen LogP contribution in [0.5, 0.6) is 5.75 Å². The summed E-state index contributed by atoms with van der Waals surface area (Å²) >= 11 is 5.97. The number of amides is 1. The molecule has 0 aliphatic heterocycles. The van der Waals surface area contributed by atoms with E-state index < -0.39 is 0 Å². The van der Waals surface area contributed by atoms with Crippen LogP contribution in [0, 0.1) is 0 Å². The highest BCUT2D eigenvalue weighted by atomic mass is 35.5.